The van der Waals surface area contributed by atoms with E-state index in [1.165, 1.54) is 42.2 Å². The molecule has 52 heavy (non-hydrogen) atoms. The number of likely N-dealkylation sites (N-methyl/N-ethyl adjacent to an activating group) is 2. The Labute approximate surface area is 296 Å². The SMILES string of the molecule is CN(CCN(C)C(=O)Oc1cccnc1COC(=O)Nc1ccc([N+](=O)[O-])c(C(=O)O)c1)C(=O)OCc1ccc(NC(=O)Cc2ccccc2)cc1. The Balaban J connectivity index is 1.19. The molecular formula is C35H34N6O11. The van der Waals surface area contributed by atoms with Crippen LogP contribution in [0.3, 0.4) is 0 Å². The highest BCUT2D eigenvalue weighted by atomic mass is 16.6. The zero-order chi connectivity index (χ0) is 37.6. The van der Waals surface area contributed by atoms with Gasteiger partial charge in [0.15, 0.2) is 5.75 Å². The van der Waals surface area contributed by atoms with Crippen LogP contribution in [0.4, 0.5) is 31.4 Å². The lowest BCUT2D eigenvalue weighted by Gasteiger charge is -2.22. The van der Waals surface area contributed by atoms with E-state index >= 15 is 0 Å². The third-order valence-corrected chi connectivity index (χ3v) is 7.26. The van der Waals surface area contributed by atoms with Crippen LogP contribution in [-0.4, -0.2) is 82.2 Å². The van der Waals surface area contributed by atoms with Gasteiger partial charge >= 0.3 is 24.2 Å². The van der Waals surface area contributed by atoms with Crippen LogP contribution in [0.5, 0.6) is 5.75 Å². The van der Waals surface area contributed by atoms with Gasteiger partial charge in [0.1, 0.15) is 24.5 Å². The molecule has 0 aliphatic carbocycles. The maximum absolute atomic E-state index is 12.8. The minimum atomic E-state index is -1.55. The monoisotopic (exact) mass is 714 g/mol. The van der Waals surface area contributed by atoms with E-state index in [1.807, 2.05) is 30.3 Å². The number of ether oxygens (including phenoxy) is 3. The second kappa shape index (κ2) is 18.1. The van der Waals surface area contributed by atoms with Crippen LogP contribution in [0.2, 0.25) is 0 Å². The van der Waals surface area contributed by atoms with Crippen molar-refractivity contribution in [1.29, 1.82) is 0 Å². The van der Waals surface area contributed by atoms with E-state index in [4.69, 9.17) is 14.2 Å². The molecule has 17 nitrogen and oxygen atoms in total. The fourth-order valence-electron chi connectivity index (χ4n) is 4.44. The molecule has 0 aliphatic rings. The van der Waals surface area contributed by atoms with Crippen molar-refractivity contribution in [3.8, 4) is 5.75 Å². The highest BCUT2D eigenvalue weighted by Crippen LogP contribution is 2.23. The number of aromatic carboxylic acids is 1. The summed E-state index contributed by atoms with van der Waals surface area (Å²) in [4.78, 5) is 78.1. The number of nitrogens with zero attached hydrogens (tertiary/aromatic N) is 4. The Hall–Kier alpha value is -7.04. The zero-order valence-electron chi connectivity index (χ0n) is 28.0. The number of benzene rings is 3. The van der Waals surface area contributed by atoms with Gasteiger partial charge in [0, 0.05) is 50.8 Å². The summed E-state index contributed by atoms with van der Waals surface area (Å²) < 4.78 is 15.9. The summed E-state index contributed by atoms with van der Waals surface area (Å²) in [6.07, 6.45) is -0.814. The maximum Gasteiger partial charge on any atom is 0.415 e. The van der Waals surface area contributed by atoms with E-state index in [2.05, 4.69) is 15.6 Å². The second-order valence-electron chi connectivity index (χ2n) is 11.1. The predicted octanol–water partition coefficient (Wildman–Crippen LogP) is 5.32. The molecule has 0 saturated heterocycles. The standard InChI is InChI=1S/C35H34N6O11/c1-39(34(46)51-21-24-10-12-25(13-11-24)37-31(42)19-23-7-4-3-5-8-23)17-18-40(2)35(47)52-30-9-6-16-36-28(30)22-50-33(45)38-26-14-15-29(41(48)49)27(20-26)32(43)44/h3-16,20H,17-19,21-22H2,1-2H3,(H,37,42)(H,38,45)(H,43,44). The van der Waals surface area contributed by atoms with Gasteiger partial charge < -0.3 is 34.4 Å². The summed E-state index contributed by atoms with van der Waals surface area (Å²) in [6.45, 7) is -0.283. The number of anilines is 2. The number of rotatable bonds is 14. The van der Waals surface area contributed by atoms with E-state index in [0.29, 0.717) is 11.3 Å². The third kappa shape index (κ3) is 11.3. The van der Waals surface area contributed by atoms with Crippen molar-refractivity contribution < 1.29 is 48.2 Å². The summed E-state index contributed by atoms with van der Waals surface area (Å²) in [5.41, 5.74) is 0.954. The number of carbonyl (C=O) groups is 5. The van der Waals surface area contributed by atoms with E-state index in [9.17, 15) is 39.2 Å². The van der Waals surface area contributed by atoms with E-state index in [0.717, 1.165) is 23.8 Å². The van der Waals surface area contributed by atoms with E-state index in [-0.39, 0.29) is 49.2 Å². The van der Waals surface area contributed by atoms with Crippen molar-refractivity contribution in [3.63, 3.8) is 0 Å². The number of amides is 4. The lowest BCUT2D eigenvalue weighted by molar-refractivity contribution is -0.385. The summed E-state index contributed by atoms with van der Waals surface area (Å²) in [6, 6.07) is 22.2. The van der Waals surface area contributed by atoms with Gasteiger partial charge in [-0.1, -0.05) is 42.5 Å². The van der Waals surface area contributed by atoms with Crippen molar-refractivity contribution >= 4 is 47.2 Å². The Morgan fingerprint density at radius 1 is 0.788 bits per heavy atom. The predicted molar refractivity (Wildman–Crippen MR) is 185 cm³/mol. The molecule has 0 radical (unpaired) electrons. The third-order valence-electron chi connectivity index (χ3n) is 7.26. The molecule has 4 rings (SSSR count). The van der Waals surface area contributed by atoms with Crippen LogP contribution in [-0.2, 0) is 33.9 Å². The van der Waals surface area contributed by atoms with Gasteiger partial charge in [-0.15, -0.1) is 0 Å². The van der Waals surface area contributed by atoms with Crippen LogP contribution in [0, 0.1) is 10.1 Å². The molecule has 270 valence electrons. The molecule has 1 aromatic heterocycles. The van der Waals surface area contributed by atoms with E-state index < -0.39 is 47.0 Å². The molecule has 0 saturated carbocycles. The van der Waals surface area contributed by atoms with E-state index in [1.54, 1.807) is 24.3 Å². The molecule has 17 heteroatoms. The highest BCUT2D eigenvalue weighted by Gasteiger charge is 2.21. The van der Waals surface area contributed by atoms with Crippen LogP contribution in [0.15, 0.2) is 91.1 Å². The Kier molecular flexibility index (Phi) is 13.1. The van der Waals surface area contributed by atoms with Gasteiger partial charge in [-0.3, -0.25) is 25.2 Å². The largest absolute Gasteiger partial charge is 0.477 e. The Bertz CT molecular complexity index is 1920. The number of hydrogen-bond donors (Lipinski definition) is 3. The fourth-order valence-corrected chi connectivity index (χ4v) is 4.44. The molecule has 0 unspecified atom stereocenters. The van der Waals surface area contributed by atoms with Gasteiger partial charge in [-0.25, -0.2) is 19.2 Å². The second-order valence-corrected chi connectivity index (χ2v) is 11.1. The molecule has 0 bridgehead atoms. The number of carboxylic acids is 1. The maximum atomic E-state index is 12.8. The molecule has 4 aromatic rings. The summed E-state index contributed by atoms with van der Waals surface area (Å²) in [7, 11) is 2.96. The van der Waals surface area contributed by atoms with Crippen LogP contribution in [0.25, 0.3) is 0 Å². The van der Waals surface area contributed by atoms with Gasteiger partial charge in [0.2, 0.25) is 5.91 Å². The molecule has 1 heterocycles. The zero-order valence-corrected chi connectivity index (χ0v) is 28.0. The van der Waals surface area contributed by atoms with Crippen molar-refractivity contribution in [2.75, 3.05) is 37.8 Å². The highest BCUT2D eigenvalue weighted by molar-refractivity contribution is 5.95. The molecule has 0 aliphatic heterocycles. The number of pyridine rings is 1. The minimum Gasteiger partial charge on any atom is -0.477 e. The first kappa shape index (κ1) is 37.8. The molecule has 0 fully saturated rings. The lowest BCUT2D eigenvalue weighted by atomic mass is 10.1. The van der Waals surface area contributed by atoms with Gasteiger partial charge in [-0.2, -0.15) is 0 Å². The first-order chi connectivity index (χ1) is 24.9. The van der Waals surface area contributed by atoms with Gasteiger partial charge in [0.25, 0.3) is 5.69 Å². The normalized spacial score (nSPS) is 10.3. The fraction of sp³-hybridized carbons (Fsp3) is 0.200. The molecule has 0 atom stereocenters. The van der Waals surface area contributed by atoms with Crippen LogP contribution < -0.4 is 15.4 Å². The first-order valence-electron chi connectivity index (χ1n) is 15.5. The molecule has 3 N–H and O–H groups in total. The smallest absolute Gasteiger partial charge is 0.415 e. The van der Waals surface area contributed by atoms with Crippen molar-refractivity contribution in [2.24, 2.45) is 0 Å². The number of carbonyl (C=O) groups excluding carboxylic acids is 4. The Morgan fingerprint density at radius 3 is 2.13 bits per heavy atom. The topological polar surface area (TPSA) is 220 Å². The number of nitrogens with one attached hydrogen (secondary N) is 2. The van der Waals surface area contributed by atoms with Crippen LogP contribution >= 0.6 is 0 Å². The molecule has 4 amide bonds. The van der Waals surface area contributed by atoms with Gasteiger partial charge in [-0.05, 0) is 47.5 Å². The average molecular weight is 715 g/mol. The lowest BCUT2D eigenvalue weighted by Crippen LogP contribution is -2.38. The van der Waals surface area contributed by atoms with Gasteiger partial charge in [0.05, 0.1) is 11.3 Å². The number of aromatic nitrogens is 1. The average Bonchev–Trinajstić information content (AvgIpc) is 3.13. The summed E-state index contributed by atoms with van der Waals surface area (Å²) in [5.74, 6) is -1.72. The number of hydrogen-bond acceptors (Lipinski definition) is 11. The number of nitro groups is 1. The van der Waals surface area contributed by atoms with Crippen molar-refractivity contribution in [3.05, 3.63) is 124 Å². The van der Waals surface area contributed by atoms with Crippen molar-refractivity contribution in [1.82, 2.24) is 14.8 Å². The summed E-state index contributed by atoms with van der Waals surface area (Å²) in [5, 5.41) is 25.4. The van der Waals surface area contributed by atoms with Crippen LogP contribution in [0.1, 0.15) is 27.2 Å². The number of carboxylic acid groups (broad SMARTS) is 1. The Morgan fingerprint density at radius 2 is 1.46 bits per heavy atom. The molecule has 0 spiro atoms. The first-order valence-corrected chi connectivity index (χ1v) is 15.5. The quantitative estimate of drug-likeness (QED) is 0.112. The minimum absolute atomic E-state index is 0.00908. The number of nitro benzene ring substituents is 1. The summed E-state index contributed by atoms with van der Waals surface area (Å²) >= 11 is 0. The van der Waals surface area contributed by atoms with Crippen molar-refractivity contribution in [2.45, 2.75) is 19.6 Å². The molecule has 3 aromatic carbocycles. The molecular weight excluding hydrogens is 680 g/mol.